The van der Waals surface area contributed by atoms with E-state index in [1.54, 1.807) is 49.4 Å². The number of nitrogens with one attached hydrogen (secondary N) is 1. The number of ether oxygens (including phenoxy) is 3. The van der Waals surface area contributed by atoms with Gasteiger partial charge in [0.15, 0.2) is 18.1 Å². The fraction of sp³-hybridized carbons (Fsp3) is 0.200. The van der Waals surface area contributed by atoms with Crippen LogP contribution in [0.2, 0.25) is 10.0 Å². The molecule has 0 saturated carbocycles. The van der Waals surface area contributed by atoms with Gasteiger partial charge in [-0.25, -0.2) is 4.68 Å². The molecule has 1 N–H and O–H groups in total. The molecule has 3 rings (SSSR count). The van der Waals surface area contributed by atoms with E-state index in [2.05, 4.69) is 10.4 Å². The molecule has 29 heavy (non-hydrogen) atoms. The molecule has 3 aromatic rings. The van der Waals surface area contributed by atoms with Crippen LogP contribution in [0.4, 0.5) is 5.82 Å². The van der Waals surface area contributed by atoms with Crippen LogP contribution in [0, 0.1) is 0 Å². The minimum absolute atomic E-state index is 0.213. The van der Waals surface area contributed by atoms with E-state index in [0.717, 1.165) is 5.56 Å². The normalized spacial score (nSPS) is 10.5. The van der Waals surface area contributed by atoms with Gasteiger partial charge in [-0.1, -0.05) is 35.3 Å². The summed E-state index contributed by atoms with van der Waals surface area (Å²) in [5.74, 6) is 1.78. The van der Waals surface area contributed by atoms with Gasteiger partial charge in [0.2, 0.25) is 0 Å². The topological polar surface area (TPSA) is 74.6 Å². The van der Waals surface area contributed by atoms with Gasteiger partial charge in [0.25, 0.3) is 5.91 Å². The molecule has 0 unspecified atom stereocenters. The minimum Gasteiger partial charge on any atom is -0.493 e. The van der Waals surface area contributed by atoms with Crippen LogP contribution in [0.5, 0.6) is 17.2 Å². The van der Waals surface area contributed by atoms with Crippen molar-refractivity contribution in [3.8, 4) is 17.2 Å². The van der Waals surface area contributed by atoms with Crippen LogP contribution in [-0.4, -0.2) is 36.5 Å². The molecule has 0 atom stereocenters. The van der Waals surface area contributed by atoms with Gasteiger partial charge in [0.05, 0.1) is 32.0 Å². The summed E-state index contributed by atoms with van der Waals surface area (Å²) in [6.07, 6.45) is 1.60. The second-order valence-electron chi connectivity index (χ2n) is 5.94. The lowest BCUT2D eigenvalue weighted by Crippen LogP contribution is -2.22. The van der Waals surface area contributed by atoms with Crippen LogP contribution in [-0.2, 0) is 11.3 Å². The Labute approximate surface area is 178 Å². The quantitative estimate of drug-likeness (QED) is 0.571. The van der Waals surface area contributed by atoms with Gasteiger partial charge in [-0.3, -0.25) is 4.79 Å². The maximum atomic E-state index is 12.3. The fourth-order valence-electron chi connectivity index (χ4n) is 2.72. The lowest BCUT2D eigenvalue weighted by molar-refractivity contribution is -0.118. The highest BCUT2D eigenvalue weighted by Crippen LogP contribution is 2.31. The maximum Gasteiger partial charge on any atom is 0.263 e. The Morgan fingerprint density at radius 3 is 2.66 bits per heavy atom. The van der Waals surface area contributed by atoms with Crippen LogP contribution in [0.3, 0.4) is 0 Å². The van der Waals surface area contributed by atoms with Gasteiger partial charge >= 0.3 is 0 Å². The number of hydrogen-bond acceptors (Lipinski definition) is 5. The van der Waals surface area contributed by atoms with E-state index in [0.29, 0.717) is 39.7 Å². The number of methoxy groups -OCH3 is 2. The van der Waals surface area contributed by atoms with Crippen molar-refractivity contribution in [1.82, 2.24) is 9.78 Å². The molecule has 152 valence electrons. The molecule has 1 amide bonds. The maximum absolute atomic E-state index is 12.3. The fourth-order valence-corrected chi connectivity index (χ4v) is 3.18. The number of anilines is 1. The van der Waals surface area contributed by atoms with E-state index in [9.17, 15) is 4.79 Å². The number of carbonyl (C=O) groups excluding carboxylic acids is 1. The van der Waals surface area contributed by atoms with Gasteiger partial charge in [0.1, 0.15) is 11.6 Å². The number of rotatable bonds is 8. The van der Waals surface area contributed by atoms with Crippen molar-refractivity contribution >= 4 is 34.9 Å². The highest BCUT2D eigenvalue weighted by molar-refractivity contribution is 6.35. The van der Waals surface area contributed by atoms with Crippen molar-refractivity contribution in [2.45, 2.75) is 6.54 Å². The minimum atomic E-state index is -0.352. The first-order valence-corrected chi connectivity index (χ1v) is 9.36. The molecule has 9 heteroatoms. The Bertz CT molecular complexity index is 1010. The predicted molar refractivity (Wildman–Crippen MR) is 111 cm³/mol. The molecule has 1 heterocycles. The third-order valence-electron chi connectivity index (χ3n) is 4.04. The zero-order valence-electron chi connectivity index (χ0n) is 15.8. The van der Waals surface area contributed by atoms with Crippen molar-refractivity contribution < 1.29 is 19.0 Å². The van der Waals surface area contributed by atoms with E-state index in [1.807, 2.05) is 18.2 Å². The lowest BCUT2D eigenvalue weighted by atomic mass is 10.2. The molecule has 0 saturated heterocycles. The molecule has 0 radical (unpaired) electrons. The number of carbonyl (C=O) groups is 1. The molecule has 0 spiro atoms. The largest absolute Gasteiger partial charge is 0.493 e. The van der Waals surface area contributed by atoms with E-state index < -0.39 is 0 Å². The average molecular weight is 436 g/mol. The van der Waals surface area contributed by atoms with Crippen LogP contribution >= 0.6 is 23.2 Å². The summed E-state index contributed by atoms with van der Waals surface area (Å²) >= 11 is 11.9. The molecule has 0 aliphatic rings. The van der Waals surface area contributed by atoms with Crippen molar-refractivity contribution in [1.29, 1.82) is 0 Å². The first kappa shape index (κ1) is 20.8. The molecule has 0 bridgehead atoms. The summed E-state index contributed by atoms with van der Waals surface area (Å²) in [4.78, 5) is 12.3. The third-order valence-corrected chi connectivity index (χ3v) is 4.57. The summed E-state index contributed by atoms with van der Waals surface area (Å²) in [7, 11) is 3.15. The monoisotopic (exact) mass is 435 g/mol. The van der Waals surface area contributed by atoms with E-state index >= 15 is 0 Å². The Morgan fingerprint density at radius 2 is 1.93 bits per heavy atom. The second kappa shape index (κ2) is 9.54. The number of para-hydroxylation sites is 1. The van der Waals surface area contributed by atoms with Crippen molar-refractivity contribution in [2.24, 2.45) is 0 Å². The van der Waals surface area contributed by atoms with Gasteiger partial charge in [-0.05, 0) is 24.3 Å². The Morgan fingerprint density at radius 1 is 1.10 bits per heavy atom. The summed E-state index contributed by atoms with van der Waals surface area (Å²) in [5, 5.41) is 7.86. The van der Waals surface area contributed by atoms with Gasteiger partial charge in [0, 0.05) is 16.7 Å². The number of nitrogens with zero attached hydrogens (tertiary/aromatic N) is 2. The summed E-state index contributed by atoms with van der Waals surface area (Å²) < 4.78 is 17.9. The van der Waals surface area contributed by atoms with Crippen LogP contribution in [0.25, 0.3) is 0 Å². The second-order valence-corrected chi connectivity index (χ2v) is 6.78. The highest BCUT2D eigenvalue weighted by Gasteiger charge is 2.14. The zero-order chi connectivity index (χ0) is 20.8. The number of halogens is 2. The molecule has 0 aliphatic carbocycles. The standard InChI is InChI=1S/C20H19Cl2N3O4/c1-27-17-5-3-4-13(20(17)28-2)11-25-18(8-9-23-25)24-19(26)12-29-16-7-6-14(21)10-15(16)22/h3-10H,11-12H2,1-2H3,(H,24,26). The van der Waals surface area contributed by atoms with Crippen molar-refractivity contribution in [2.75, 3.05) is 26.1 Å². The van der Waals surface area contributed by atoms with Crippen LogP contribution < -0.4 is 19.5 Å². The molecular formula is C20H19Cl2N3O4. The van der Waals surface area contributed by atoms with Crippen molar-refractivity contribution in [3.05, 3.63) is 64.3 Å². The number of benzene rings is 2. The third kappa shape index (κ3) is 5.13. The Hall–Kier alpha value is -2.90. The van der Waals surface area contributed by atoms with E-state index in [1.165, 1.54) is 0 Å². The zero-order valence-corrected chi connectivity index (χ0v) is 17.3. The molecular weight excluding hydrogens is 417 g/mol. The average Bonchev–Trinajstić information content (AvgIpc) is 3.13. The first-order valence-electron chi connectivity index (χ1n) is 8.61. The van der Waals surface area contributed by atoms with E-state index in [4.69, 9.17) is 37.4 Å². The molecule has 2 aromatic carbocycles. The van der Waals surface area contributed by atoms with Gasteiger partial charge < -0.3 is 19.5 Å². The Kier molecular flexibility index (Phi) is 6.85. The molecule has 1 aromatic heterocycles. The van der Waals surface area contributed by atoms with Crippen molar-refractivity contribution in [3.63, 3.8) is 0 Å². The van der Waals surface area contributed by atoms with E-state index in [-0.39, 0.29) is 12.5 Å². The highest BCUT2D eigenvalue weighted by atomic mass is 35.5. The van der Waals surface area contributed by atoms with Crippen LogP contribution in [0.1, 0.15) is 5.56 Å². The smallest absolute Gasteiger partial charge is 0.263 e. The molecule has 0 aliphatic heterocycles. The lowest BCUT2D eigenvalue weighted by Gasteiger charge is -2.14. The summed E-state index contributed by atoms with van der Waals surface area (Å²) in [5.41, 5.74) is 0.857. The predicted octanol–water partition coefficient (Wildman–Crippen LogP) is 4.27. The van der Waals surface area contributed by atoms with Gasteiger partial charge in [-0.2, -0.15) is 5.10 Å². The number of hydrogen-bond donors (Lipinski definition) is 1. The first-order chi connectivity index (χ1) is 14.0. The van der Waals surface area contributed by atoms with Crippen LogP contribution in [0.15, 0.2) is 48.7 Å². The summed E-state index contributed by atoms with van der Waals surface area (Å²) in [6, 6.07) is 12.1. The summed E-state index contributed by atoms with van der Waals surface area (Å²) in [6.45, 7) is 0.169. The molecule has 7 nitrogen and oxygen atoms in total. The number of aromatic nitrogens is 2. The SMILES string of the molecule is COc1cccc(Cn2nccc2NC(=O)COc2ccc(Cl)cc2Cl)c1OC. The van der Waals surface area contributed by atoms with Gasteiger partial charge in [-0.15, -0.1) is 0 Å². The molecule has 0 fully saturated rings. The number of amides is 1. The Balaban J connectivity index is 1.67.